The molecule has 0 radical (unpaired) electrons. The first-order valence-corrected chi connectivity index (χ1v) is 7.20. The molecule has 0 aromatic heterocycles. The lowest BCUT2D eigenvalue weighted by Gasteiger charge is -2.13. The van der Waals surface area contributed by atoms with Crippen LogP contribution in [0.3, 0.4) is 0 Å². The van der Waals surface area contributed by atoms with Crippen molar-refractivity contribution in [1.29, 1.82) is 0 Å². The van der Waals surface area contributed by atoms with Gasteiger partial charge in [0.15, 0.2) is 5.11 Å². The fraction of sp³-hybridized carbons (Fsp3) is 0.308. The second kappa shape index (κ2) is 7.59. The Morgan fingerprint density at radius 2 is 1.81 bits per heavy atom. The van der Waals surface area contributed by atoms with Gasteiger partial charge in [-0.1, -0.05) is 37.0 Å². The summed E-state index contributed by atoms with van der Waals surface area (Å²) in [4.78, 5) is 22.5. The number of amides is 1. The Morgan fingerprint density at radius 1 is 1.29 bits per heavy atom. The average molecular weight is 349 g/mol. The molecular weight excluding hydrogens is 335 g/mol. The number of carboxylic acid groups (broad SMARTS) is 1. The molecular formula is C13H14Cl2N2O3S. The zero-order valence-corrected chi connectivity index (χ0v) is 13.7. The van der Waals surface area contributed by atoms with Gasteiger partial charge in [-0.25, -0.2) is 4.79 Å². The van der Waals surface area contributed by atoms with Crippen LogP contribution in [-0.2, 0) is 4.79 Å². The smallest absolute Gasteiger partial charge is 0.335 e. The number of carbonyl (C=O) groups excluding carboxylic acids is 1. The lowest BCUT2D eigenvalue weighted by molar-refractivity contribution is -0.120. The van der Waals surface area contributed by atoms with Gasteiger partial charge in [0.05, 0.1) is 21.3 Å². The Kier molecular flexibility index (Phi) is 6.39. The second-order valence-corrected chi connectivity index (χ2v) is 5.94. The predicted molar refractivity (Wildman–Crippen MR) is 87.2 cm³/mol. The van der Waals surface area contributed by atoms with Crippen molar-refractivity contribution in [3.63, 3.8) is 0 Å². The summed E-state index contributed by atoms with van der Waals surface area (Å²) in [5, 5.41) is 14.3. The number of halogens is 2. The molecule has 0 saturated heterocycles. The number of carbonyl (C=O) groups is 2. The summed E-state index contributed by atoms with van der Waals surface area (Å²) >= 11 is 16.9. The van der Waals surface area contributed by atoms with E-state index < -0.39 is 5.97 Å². The number of rotatable bonds is 4. The predicted octanol–water partition coefficient (Wildman–Crippen LogP) is 3.55. The number of aromatic carboxylic acids is 1. The molecule has 0 aliphatic carbocycles. The molecule has 1 amide bonds. The van der Waals surface area contributed by atoms with Crippen molar-refractivity contribution < 1.29 is 14.7 Å². The van der Waals surface area contributed by atoms with E-state index in [1.54, 1.807) is 0 Å². The van der Waals surface area contributed by atoms with E-state index in [4.69, 9.17) is 40.5 Å². The number of hydrogen-bond acceptors (Lipinski definition) is 3. The summed E-state index contributed by atoms with van der Waals surface area (Å²) in [6, 6.07) is 2.49. The number of thiocarbonyl (C=S) groups is 1. The minimum Gasteiger partial charge on any atom is -0.478 e. The van der Waals surface area contributed by atoms with E-state index in [1.165, 1.54) is 12.1 Å². The maximum atomic E-state index is 11.6. The first-order valence-electron chi connectivity index (χ1n) is 6.04. The SMILES string of the molecule is CC(C)CC(=O)NC(=S)Nc1c(Cl)cc(C(=O)O)cc1Cl. The van der Waals surface area contributed by atoms with Gasteiger partial charge in [-0.05, 0) is 30.3 Å². The summed E-state index contributed by atoms with van der Waals surface area (Å²) in [6.07, 6.45) is 0.335. The molecule has 0 unspecified atom stereocenters. The van der Waals surface area contributed by atoms with Gasteiger partial charge in [0, 0.05) is 6.42 Å². The van der Waals surface area contributed by atoms with E-state index in [-0.39, 0.29) is 38.2 Å². The molecule has 1 rings (SSSR count). The Balaban J connectivity index is 2.81. The first-order chi connectivity index (χ1) is 9.70. The van der Waals surface area contributed by atoms with E-state index in [0.717, 1.165) is 0 Å². The maximum absolute atomic E-state index is 11.6. The van der Waals surface area contributed by atoms with Gasteiger partial charge in [0.2, 0.25) is 5.91 Å². The maximum Gasteiger partial charge on any atom is 0.335 e. The van der Waals surface area contributed by atoms with Crippen LogP contribution in [0.25, 0.3) is 0 Å². The zero-order valence-electron chi connectivity index (χ0n) is 11.4. The fourth-order valence-corrected chi connectivity index (χ4v) is 2.31. The number of benzene rings is 1. The monoisotopic (exact) mass is 348 g/mol. The summed E-state index contributed by atoms with van der Waals surface area (Å²) < 4.78 is 0. The van der Waals surface area contributed by atoms with Crippen LogP contribution in [0.2, 0.25) is 10.0 Å². The van der Waals surface area contributed by atoms with Gasteiger partial charge in [0.1, 0.15) is 0 Å². The Labute approximate surface area is 137 Å². The number of carboxylic acids is 1. The summed E-state index contributed by atoms with van der Waals surface area (Å²) in [7, 11) is 0. The van der Waals surface area contributed by atoms with Crippen molar-refractivity contribution in [2.45, 2.75) is 20.3 Å². The molecule has 114 valence electrons. The molecule has 0 heterocycles. The van der Waals surface area contributed by atoms with Crippen LogP contribution in [0.15, 0.2) is 12.1 Å². The molecule has 1 aromatic rings. The van der Waals surface area contributed by atoms with Crippen molar-refractivity contribution in [3.8, 4) is 0 Å². The molecule has 5 nitrogen and oxygen atoms in total. The zero-order chi connectivity index (χ0) is 16.2. The van der Waals surface area contributed by atoms with Crippen molar-refractivity contribution in [2.75, 3.05) is 5.32 Å². The van der Waals surface area contributed by atoms with E-state index in [9.17, 15) is 9.59 Å². The number of hydrogen-bond donors (Lipinski definition) is 3. The van der Waals surface area contributed by atoms with Crippen LogP contribution in [0.4, 0.5) is 5.69 Å². The summed E-state index contributed by atoms with van der Waals surface area (Å²) in [6.45, 7) is 3.82. The van der Waals surface area contributed by atoms with Crippen LogP contribution in [0.5, 0.6) is 0 Å². The largest absolute Gasteiger partial charge is 0.478 e. The van der Waals surface area contributed by atoms with Crippen LogP contribution >= 0.6 is 35.4 Å². The average Bonchev–Trinajstić information content (AvgIpc) is 2.32. The molecule has 0 atom stereocenters. The number of anilines is 1. The molecule has 0 spiro atoms. The Bertz CT molecular complexity index is 568. The minimum absolute atomic E-state index is 0.0367. The molecule has 0 aliphatic heterocycles. The molecule has 1 aromatic carbocycles. The van der Waals surface area contributed by atoms with Crippen LogP contribution < -0.4 is 10.6 Å². The normalized spacial score (nSPS) is 10.3. The van der Waals surface area contributed by atoms with E-state index in [0.29, 0.717) is 6.42 Å². The Morgan fingerprint density at radius 3 is 2.24 bits per heavy atom. The van der Waals surface area contributed by atoms with Crippen LogP contribution in [0.1, 0.15) is 30.6 Å². The molecule has 3 N–H and O–H groups in total. The van der Waals surface area contributed by atoms with Crippen molar-refractivity contribution >= 4 is 58.1 Å². The highest BCUT2D eigenvalue weighted by Crippen LogP contribution is 2.31. The third-order valence-corrected chi connectivity index (χ3v) is 3.17. The van der Waals surface area contributed by atoms with Gasteiger partial charge in [-0.2, -0.15) is 0 Å². The van der Waals surface area contributed by atoms with Gasteiger partial charge in [-0.3, -0.25) is 4.79 Å². The molecule has 21 heavy (non-hydrogen) atoms. The lowest BCUT2D eigenvalue weighted by Crippen LogP contribution is -2.34. The summed E-state index contributed by atoms with van der Waals surface area (Å²) in [5.41, 5.74) is 0.212. The Hall–Kier alpha value is -1.37. The third kappa shape index (κ3) is 5.49. The topological polar surface area (TPSA) is 78.4 Å². The highest BCUT2D eigenvalue weighted by molar-refractivity contribution is 7.80. The van der Waals surface area contributed by atoms with E-state index in [1.807, 2.05) is 13.8 Å². The standard InChI is InChI=1S/C13H14Cl2N2O3S/c1-6(2)3-10(18)16-13(21)17-11-8(14)4-7(12(19)20)5-9(11)15/h4-6H,3H2,1-2H3,(H,19,20)(H2,16,17,18,21). The molecule has 8 heteroatoms. The second-order valence-electron chi connectivity index (χ2n) is 4.72. The molecule has 0 fully saturated rings. The molecule has 0 bridgehead atoms. The highest BCUT2D eigenvalue weighted by Gasteiger charge is 2.14. The van der Waals surface area contributed by atoms with E-state index in [2.05, 4.69) is 10.6 Å². The van der Waals surface area contributed by atoms with Gasteiger partial charge in [0.25, 0.3) is 0 Å². The van der Waals surface area contributed by atoms with Crippen molar-refractivity contribution in [1.82, 2.24) is 5.32 Å². The van der Waals surface area contributed by atoms with Gasteiger partial charge >= 0.3 is 5.97 Å². The lowest BCUT2D eigenvalue weighted by atomic mass is 10.1. The molecule has 0 saturated carbocycles. The van der Waals surface area contributed by atoms with Crippen molar-refractivity contribution in [2.24, 2.45) is 5.92 Å². The van der Waals surface area contributed by atoms with Crippen LogP contribution in [-0.4, -0.2) is 22.1 Å². The van der Waals surface area contributed by atoms with Crippen molar-refractivity contribution in [3.05, 3.63) is 27.7 Å². The first kappa shape index (κ1) is 17.7. The molecule has 0 aliphatic rings. The van der Waals surface area contributed by atoms with Gasteiger partial charge < -0.3 is 15.7 Å². The minimum atomic E-state index is -1.14. The highest BCUT2D eigenvalue weighted by atomic mass is 35.5. The third-order valence-electron chi connectivity index (χ3n) is 2.37. The van der Waals surface area contributed by atoms with Gasteiger partial charge in [-0.15, -0.1) is 0 Å². The fourth-order valence-electron chi connectivity index (χ4n) is 1.51. The number of nitrogens with one attached hydrogen (secondary N) is 2. The summed E-state index contributed by atoms with van der Waals surface area (Å²) in [5.74, 6) is -1.16. The van der Waals surface area contributed by atoms with E-state index >= 15 is 0 Å². The quantitative estimate of drug-likeness (QED) is 0.725. The van der Waals surface area contributed by atoms with Crippen LogP contribution in [0, 0.1) is 5.92 Å².